The topological polar surface area (TPSA) is 88.2 Å². The van der Waals surface area contributed by atoms with Crippen molar-refractivity contribution in [2.24, 2.45) is 0 Å². The van der Waals surface area contributed by atoms with Gasteiger partial charge in [-0.2, -0.15) is 0 Å². The zero-order valence-electron chi connectivity index (χ0n) is 26.5. The van der Waals surface area contributed by atoms with Crippen LogP contribution in [0.1, 0.15) is 62.0 Å². The van der Waals surface area contributed by atoms with Gasteiger partial charge in [0.15, 0.2) is 11.6 Å². The highest BCUT2D eigenvalue weighted by Crippen LogP contribution is 2.29. The minimum absolute atomic E-state index is 0.0546. The highest BCUT2D eigenvalue weighted by Gasteiger charge is 2.21. The van der Waals surface area contributed by atoms with Crippen molar-refractivity contribution in [3.8, 4) is 11.5 Å². The molecule has 46 heavy (non-hydrogen) atoms. The average Bonchev–Trinajstić information content (AvgIpc) is 3.12. The minimum atomic E-state index is -0.273. The number of benzene rings is 4. The van der Waals surface area contributed by atoms with E-state index in [9.17, 15) is 14.4 Å². The third kappa shape index (κ3) is 8.00. The van der Waals surface area contributed by atoms with Gasteiger partial charge >= 0.3 is 0 Å². The number of Topliss-reactive ketones (excluding diaryl/α,β-unsaturated/α-hetero) is 1. The first-order chi connectivity index (χ1) is 22.5. The molecule has 0 radical (unpaired) electrons. The Bertz CT molecular complexity index is 1630. The molecule has 1 heterocycles. The van der Waals surface area contributed by atoms with Gasteiger partial charge in [0.25, 0.3) is 5.91 Å². The second kappa shape index (κ2) is 15.9. The van der Waals surface area contributed by atoms with Gasteiger partial charge in [0.1, 0.15) is 18.1 Å². The molecule has 0 aromatic heterocycles. The van der Waals surface area contributed by atoms with Gasteiger partial charge in [-0.15, -0.1) is 0 Å². The van der Waals surface area contributed by atoms with Crippen LogP contribution in [0, 0.1) is 0 Å². The van der Waals surface area contributed by atoms with Crippen molar-refractivity contribution in [3.05, 3.63) is 125 Å². The molecule has 1 N–H and O–H groups in total. The summed E-state index contributed by atoms with van der Waals surface area (Å²) < 4.78 is 11.7. The number of nitrogens with one attached hydrogen (secondary N) is 1. The molecular formula is C38H41N3O5. The van der Waals surface area contributed by atoms with Crippen LogP contribution in [-0.4, -0.2) is 68.8 Å². The van der Waals surface area contributed by atoms with Crippen LogP contribution in [0.3, 0.4) is 0 Å². The van der Waals surface area contributed by atoms with Crippen LogP contribution in [0.5, 0.6) is 11.5 Å². The third-order valence-corrected chi connectivity index (χ3v) is 8.25. The smallest absolute Gasteiger partial charge is 0.255 e. The molecule has 0 spiro atoms. The lowest BCUT2D eigenvalue weighted by Crippen LogP contribution is -2.47. The molecule has 1 aliphatic rings. The predicted octanol–water partition coefficient (Wildman–Crippen LogP) is 6.04. The molecule has 0 bridgehead atoms. The largest absolute Gasteiger partial charge is 0.495 e. The first-order valence-corrected chi connectivity index (χ1v) is 15.8. The summed E-state index contributed by atoms with van der Waals surface area (Å²) in [4.78, 5) is 43.7. The fourth-order valence-electron chi connectivity index (χ4n) is 5.65. The molecule has 238 valence electrons. The number of piperazine rings is 1. The number of anilines is 1. The maximum absolute atomic E-state index is 13.3. The van der Waals surface area contributed by atoms with Gasteiger partial charge in [-0.25, -0.2) is 0 Å². The number of amides is 1. The third-order valence-electron chi connectivity index (χ3n) is 8.25. The van der Waals surface area contributed by atoms with Crippen LogP contribution in [-0.2, 0) is 6.61 Å². The monoisotopic (exact) mass is 619 g/mol. The zero-order valence-corrected chi connectivity index (χ0v) is 26.5. The maximum Gasteiger partial charge on any atom is 0.255 e. The van der Waals surface area contributed by atoms with Crippen LogP contribution in [0.4, 0.5) is 5.69 Å². The molecule has 0 atom stereocenters. The van der Waals surface area contributed by atoms with E-state index in [1.165, 1.54) is 0 Å². The summed E-state index contributed by atoms with van der Waals surface area (Å²) >= 11 is 0. The first-order valence-electron chi connectivity index (χ1n) is 15.8. The molecule has 0 aliphatic carbocycles. The molecule has 5 rings (SSSR count). The summed E-state index contributed by atoms with van der Waals surface area (Å²) in [6, 6.07) is 29.5. The molecule has 0 unspecified atom stereocenters. The Morgan fingerprint density at radius 2 is 1.43 bits per heavy atom. The number of para-hydroxylation sites is 3. The van der Waals surface area contributed by atoms with Gasteiger partial charge in [0, 0.05) is 50.3 Å². The second-order valence-electron chi connectivity index (χ2n) is 11.2. The molecule has 1 fully saturated rings. The number of hydrogen-bond donors (Lipinski definition) is 1. The van der Waals surface area contributed by atoms with Gasteiger partial charge < -0.3 is 19.7 Å². The number of nitrogens with zero attached hydrogens (tertiary/aromatic N) is 2. The fourth-order valence-corrected chi connectivity index (χ4v) is 5.65. The van der Waals surface area contributed by atoms with Crippen molar-refractivity contribution >= 4 is 23.2 Å². The van der Waals surface area contributed by atoms with E-state index in [0.717, 1.165) is 56.1 Å². The second-order valence-corrected chi connectivity index (χ2v) is 11.2. The number of carbonyl (C=O) groups excluding carboxylic acids is 3. The molecule has 8 nitrogen and oxygen atoms in total. The highest BCUT2D eigenvalue weighted by molar-refractivity contribution is 6.09. The Kier molecular flexibility index (Phi) is 11.2. The average molecular weight is 620 g/mol. The van der Waals surface area contributed by atoms with Gasteiger partial charge in [-0.05, 0) is 42.8 Å². The summed E-state index contributed by atoms with van der Waals surface area (Å²) in [6.07, 6.45) is 1.10. The zero-order chi connectivity index (χ0) is 32.3. The lowest BCUT2D eigenvalue weighted by atomic mass is 10.0. The summed E-state index contributed by atoms with van der Waals surface area (Å²) in [5.74, 6) is 0.746. The Hall–Kier alpha value is -4.95. The van der Waals surface area contributed by atoms with Crippen LogP contribution in [0.25, 0.3) is 0 Å². The Morgan fingerprint density at radius 1 is 0.761 bits per heavy atom. The summed E-state index contributed by atoms with van der Waals surface area (Å²) in [7, 11) is 1.70. The van der Waals surface area contributed by atoms with Crippen molar-refractivity contribution < 1.29 is 23.9 Å². The first kappa shape index (κ1) is 32.4. The van der Waals surface area contributed by atoms with E-state index in [1.54, 1.807) is 56.5 Å². The van der Waals surface area contributed by atoms with Gasteiger partial charge in [-0.1, -0.05) is 79.7 Å². The molecule has 4 aromatic rings. The van der Waals surface area contributed by atoms with E-state index in [-0.39, 0.29) is 29.8 Å². The molecular weight excluding hydrogens is 578 g/mol. The highest BCUT2D eigenvalue weighted by atomic mass is 16.5. The number of hydrogen-bond acceptors (Lipinski definition) is 7. The molecule has 1 aliphatic heterocycles. The summed E-state index contributed by atoms with van der Waals surface area (Å²) in [5.41, 5.74) is 3.87. The van der Waals surface area contributed by atoms with Gasteiger partial charge in [-0.3, -0.25) is 19.3 Å². The van der Waals surface area contributed by atoms with Crippen LogP contribution >= 0.6 is 0 Å². The van der Waals surface area contributed by atoms with Crippen LogP contribution < -0.4 is 19.7 Å². The molecule has 4 aromatic carbocycles. The number of rotatable bonds is 14. The van der Waals surface area contributed by atoms with Crippen LogP contribution in [0.15, 0.2) is 97.1 Å². The van der Waals surface area contributed by atoms with E-state index < -0.39 is 0 Å². The lowest BCUT2D eigenvalue weighted by molar-refractivity contribution is 0.0945. The quantitative estimate of drug-likeness (QED) is 0.136. The number of methoxy groups -OCH3 is 1. The Morgan fingerprint density at radius 3 is 2.15 bits per heavy atom. The lowest BCUT2D eigenvalue weighted by Gasteiger charge is -2.36. The van der Waals surface area contributed by atoms with Crippen molar-refractivity contribution in [2.45, 2.75) is 26.4 Å². The van der Waals surface area contributed by atoms with E-state index in [0.29, 0.717) is 35.2 Å². The fraction of sp³-hybridized carbons (Fsp3) is 0.289. The SMILES string of the molecule is CCC(=O)c1cccc(C(=O)NCCCN2CCN(c3ccccc3OC)CC2)c1OCc1ccc(C(=O)c2ccccc2)cc1. The van der Waals surface area contributed by atoms with Crippen molar-refractivity contribution in [2.75, 3.05) is 51.3 Å². The van der Waals surface area contributed by atoms with Crippen molar-refractivity contribution in [1.82, 2.24) is 10.2 Å². The van der Waals surface area contributed by atoms with Gasteiger partial charge in [0.2, 0.25) is 0 Å². The van der Waals surface area contributed by atoms with Gasteiger partial charge in [0.05, 0.1) is 23.9 Å². The van der Waals surface area contributed by atoms with Crippen LogP contribution in [0.2, 0.25) is 0 Å². The number of carbonyl (C=O) groups is 3. The van der Waals surface area contributed by atoms with E-state index in [1.807, 2.05) is 48.5 Å². The van der Waals surface area contributed by atoms with Crippen molar-refractivity contribution in [3.63, 3.8) is 0 Å². The molecule has 0 saturated carbocycles. The maximum atomic E-state index is 13.3. The normalized spacial score (nSPS) is 13.2. The molecule has 1 saturated heterocycles. The molecule has 8 heteroatoms. The summed E-state index contributed by atoms with van der Waals surface area (Å²) in [5, 5.41) is 3.03. The Labute approximate surface area is 270 Å². The number of ketones is 2. The van der Waals surface area contributed by atoms with E-state index in [2.05, 4.69) is 21.2 Å². The standard InChI is InChI=1S/C38H41N3O5/c1-3-34(42)31-13-9-14-32(37(31)46-27-28-17-19-30(20-18-28)36(43)29-11-5-4-6-12-29)38(44)39-21-10-22-40-23-25-41(26-24-40)33-15-7-8-16-35(33)45-2/h4-9,11-20H,3,10,21-27H2,1-2H3,(H,39,44). The van der Waals surface area contributed by atoms with Crippen molar-refractivity contribution in [1.29, 1.82) is 0 Å². The molecule has 1 amide bonds. The Balaban J connectivity index is 1.15. The van der Waals surface area contributed by atoms with E-state index >= 15 is 0 Å². The predicted molar refractivity (Wildman–Crippen MR) is 180 cm³/mol. The summed E-state index contributed by atoms with van der Waals surface area (Å²) in [6.45, 7) is 7.02. The van der Waals surface area contributed by atoms with E-state index in [4.69, 9.17) is 9.47 Å². The number of ether oxygens (including phenoxy) is 2. The minimum Gasteiger partial charge on any atom is -0.495 e.